The van der Waals surface area contributed by atoms with Gasteiger partial charge in [0.2, 0.25) is 5.88 Å². The van der Waals surface area contributed by atoms with Crippen molar-refractivity contribution in [2.75, 3.05) is 0 Å². The third kappa shape index (κ3) is 2.71. The fourth-order valence-electron chi connectivity index (χ4n) is 1.16. The average molecular weight is 237 g/mol. The first-order valence-corrected chi connectivity index (χ1v) is 4.59. The Morgan fingerprint density at radius 2 is 2.24 bits per heavy atom. The Morgan fingerprint density at radius 3 is 2.82 bits per heavy atom. The lowest BCUT2D eigenvalue weighted by molar-refractivity contribution is 0.208. The standard InChI is InChI=1S/C10H8FN3O3/c11-7-5-6(16-9-3-4-13-14-9)1-2-8(7)17-10(12)15/h1-5H,(H2,12,15)(H,13,14). The van der Waals surface area contributed by atoms with Crippen LogP contribution in [0.25, 0.3) is 0 Å². The van der Waals surface area contributed by atoms with Gasteiger partial charge in [-0.2, -0.15) is 0 Å². The Kier molecular flexibility index (Phi) is 2.91. The van der Waals surface area contributed by atoms with E-state index in [-0.39, 0.29) is 11.5 Å². The molecule has 2 rings (SSSR count). The molecule has 0 atom stereocenters. The summed E-state index contributed by atoms with van der Waals surface area (Å²) in [4.78, 5) is 10.5. The van der Waals surface area contributed by atoms with Gasteiger partial charge in [-0.3, -0.25) is 5.10 Å². The molecular formula is C10H8FN3O3. The van der Waals surface area contributed by atoms with Crippen LogP contribution in [0.15, 0.2) is 30.5 Å². The van der Waals surface area contributed by atoms with E-state index < -0.39 is 11.9 Å². The van der Waals surface area contributed by atoms with Gasteiger partial charge in [-0.25, -0.2) is 9.18 Å². The van der Waals surface area contributed by atoms with Crippen LogP contribution in [0.2, 0.25) is 0 Å². The lowest BCUT2D eigenvalue weighted by Crippen LogP contribution is -2.16. The van der Waals surface area contributed by atoms with E-state index in [2.05, 4.69) is 14.9 Å². The highest BCUT2D eigenvalue weighted by Gasteiger charge is 2.09. The highest BCUT2D eigenvalue weighted by atomic mass is 19.1. The maximum Gasteiger partial charge on any atom is 0.410 e. The predicted molar refractivity (Wildman–Crippen MR) is 55.3 cm³/mol. The van der Waals surface area contributed by atoms with Crippen molar-refractivity contribution in [2.45, 2.75) is 0 Å². The minimum absolute atomic E-state index is 0.228. The number of carbonyl (C=O) groups is 1. The summed E-state index contributed by atoms with van der Waals surface area (Å²) >= 11 is 0. The van der Waals surface area contributed by atoms with Crippen molar-refractivity contribution in [3.8, 4) is 17.4 Å². The average Bonchev–Trinajstić information content (AvgIpc) is 2.74. The van der Waals surface area contributed by atoms with E-state index in [0.29, 0.717) is 5.88 Å². The third-order valence-corrected chi connectivity index (χ3v) is 1.81. The topological polar surface area (TPSA) is 90.2 Å². The Bertz CT molecular complexity index is 528. The van der Waals surface area contributed by atoms with E-state index in [9.17, 15) is 9.18 Å². The highest BCUT2D eigenvalue weighted by Crippen LogP contribution is 2.25. The molecule has 1 amide bonds. The first-order chi connectivity index (χ1) is 8.15. The highest BCUT2D eigenvalue weighted by molar-refractivity contribution is 5.68. The summed E-state index contributed by atoms with van der Waals surface area (Å²) in [5.41, 5.74) is 4.77. The summed E-state index contributed by atoms with van der Waals surface area (Å²) in [6.45, 7) is 0. The lowest BCUT2D eigenvalue weighted by Gasteiger charge is -2.05. The molecule has 1 aromatic heterocycles. The van der Waals surface area contributed by atoms with Crippen LogP contribution in [0, 0.1) is 5.82 Å². The molecule has 88 valence electrons. The van der Waals surface area contributed by atoms with Gasteiger partial charge in [-0.15, -0.1) is 5.10 Å². The number of benzene rings is 1. The van der Waals surface area contributed by atoms with E-state index >= 15 is 0 Å². The second-order valence-corrected chi connectivity index (χ2v) is 3.03. The van der Waals surface area contributed by atoms with Crippen molar-refractivity contribution >= 4 is 6.09 Å². The van der Waals surface area contributed by atoms with Crippen molar-refractivity contribution < 1.29 is 18.7 Å². The van der Waals surface area contributed by atoms with Gasteiger partial charge in [0.1, 0.15) is 5.75 Å². The number of aromatic nitrogens is 2. The van der Waals surface area contributed by atoms with Crippen LogP contribution < -0.4 is 15.2 Å². The summed E-state index contributed by atoms with van der Waals surface area (Å²) in [5, 5.41) is 6.28. The van der Waals surface area contributed by atoms with Crippen LogP contribution in [-0.4, -0.2) is 16.3 Å². The molecule has 6 nitrogen and oxygen atoms in total. The third-order valence-electron chi connectivity index (χ3n) is 1.81. The van der Waals surface area contributed by atoms with Gasteiger partial charge in [0, 0.05) is 18.3 Å². The van der Waals surface area contributed by atoms with Crippen LogP contribution in [-0.2, 0) is 0 Å². The largest absolute Gasteiger partial charge is 0.437 e. The summed E-state index contributed by atoms with van der Waals surface area (Å²) in [5.74, 6) is -0.483. The fraction of sp³-hybridized carbons (Fsp3) is 0. The summed E-state index contributed by atoms with van der Waals surface area (Å²) in [7, 11) is 0. The maximum atomic E-state index is 13.4. The number of primary amides is 1. The Morgan fingerprint density at radius 1 is 1.41 bits per heavy atom. The SMILES string of the molecule is NC(=O)Oc1ccc(Oc2cc[nH]n2)cc1F. The van der Waals surface area contributed by atoms with Crippen molar-refractivity contribution in [3.05, 3.63) is 36.3 Å². The molecule has 3 N–H and O–H groups in total. The first-order valence-electron chi connectivity index (χ1n) is 4.59. The lowest BCUT2D eigenvalue weighted by atomic mass is 10.3. The van der Waals surface area contributed by atoms with Crippen LogP contribution >= 0.6 is 0 Å². The number of H-pyrrole nitrogens is 1. The predicted octanol–water partition coefficient (Wildman–Crippen LogP) is 1.80. The zero-order chi connectivity index (χ0) is 12.3. The number of amides is 1. The van der Waals surface area contributed by atoms with E-state index in [4.69, 9.17) is 10.5 Å². The van der Waals surface area contributed by atoms with Crippen LogP contribution in [0.4, 0.5) is 9.18 Å². The first kappa shape index (κ1) is 10.9. The number of hydrogen-bond donors (Lipinski definition) is 2. The quantitative estimate of drug-likeness (QED) is 0.851. The minimum atomic E-state index is -1.08. The van der Waals surface area contributed by atoms with E-state index in [1.807, 2.05) is 0 Å². The Labute approximate surface area is 95.1 Å². The molecule has 0 spiro atoms. The molecule has 17 heavy (non-hydrogen) atoms. The van der Waals surface area contributed by atoms with E-state index in [1.165, 1.54) is 12.1 Å². The van der Waals surface area contributed by atoms with Gasteiger partial charge in [0.25, 0.3) is 0 Å². The molecular weight excluding hydrogens is 229 g/mol. The molecule has 7 heteroatoms. The summed E-state index contributed by atoms with van der Waals surface area (Å²) < 4.78 is 23.0. The van der Waals surface area contributed by atoms with Crippen LogP contribution in [0.5, 0.6) is 17.4 Å². The molecule has 0 saturated carbocycles. The van der Waals surface area contributed by atoms with E-state index in [1.54, 1.807) is 12.3 Å². The number of nitrogens with one attached hydrogen (secondary N) is 1. The van der Waals surface area contributed by atoms with Gasteiger partial charge in [0.05, 0.1) is 0 Å². The Hall–Kier alpha value is -2.57. The van der Waals surface area contributed by atoms with Crippen molar-refractivity contribution in [1.29, 1.82) is 0 Å². The smallest absolute Gasteiger partial charge is 0.410 e. The molecule has 0 fully saturated rings. The van der Waals surface area contributed by atoms with Gasteiger partial charge >= 0.3 is 6.09 Å². The molecule has 1 aromatic carbocycles. The fourth-order valence-corrected chi connectivity index (χ4v) is 1.16. The summed E-state index contributed by atoms with van der Waals surface area (Å²) in [6, 6.07) is 5.30. The number of nitrogens with zero attached hydrogens (tertiary/aromatic N) is 1. The number of rotatable bonds is 3. The Balaban J connectivity index is 2.16. The molecule has 0 bridgehead atoms. The number of halogens is 1. The molecule has 0 saturated heterocycles. The van der Waals surface area contributed by atoms with Crippen molar-refractivity contribution in [1.82, 2.24) is 10.2 Å². The minimum Gasteiger partial charge on any atom is -0.437 e. The number of aromatic amines is 1. The van der Waals surface area contributed by atoms with Crippen molar-refractivity contribution in [2.24, 2.45) is 5.73 Å². The molecule has 1 heterocycles. The number of hydrogen-bond acceptors (Lipinski definition) is 4. The van der Waals surface area contributed by atoms with E-state index in [0.717, 1.165) is 6.07 Å². The van der Waals surface area contributed by atoms with Gasteiger partial charge in [-0.1, -0.05) is 0 Å². The summed E-state index contributed by atoms with van der Waals surface area (Å²) in [6.07, 6.45) is 0.487. The zero-order valence-electron chi connectivity index (χ0n) is 8.51. The molecule has 0 aliphatic rings. The number of ether oxygens (including phenoxy) is 2. The van der Waals surface area contributed by atoms with Crippen LogP contribution in [0.1, 0.15) is 0 Å². The van der Waals surface area contributed by atoms with Crippen molar-refractivity contribution in [3.63, 3.8) is 0 Å². The number of carbonyl (C=O) groups excluding carboxylic acids is 1. The molecule has 0 radical (unpaired) electrons. The van der Waals surface area contributed by atoms with Gasteiger partial charge < -0.3 is 15.2 Å². The second-order valence-electron chi connectivity index (χ2n) is 3.03. The van der Waals surface area contributed by atoms with Gasteiger partial charge in [0.15, 0.2) is 11.6 Å². The molecule has 0 aliphatic heterocycles. The normalized spacial score (nSPS) is 9.94. The maximum absolute atomic E-state index is 13.4. The van der Waals surface area contributed by atoms with Gasteiger partial charge in [-0.05, 0) is 12.1 Å². The molecule has 2 aromatic rings. The molecule has 0 unspecified atom stereocenters. The second kappa shape index (κ2) is 4.52. The monoisotopic (exact) mass is 237 g/mol. The molecule has 0 aliphatic carbocycles. The number of nitrogens with two attached hydrogens (primary N) is 1. The zero-order valence-corrected chi connectivity index (χ0v) is 8.51. The van der Waals surface area contributed by atoms with Crippen LogP contribution in [0.3, 0.4) is 0 Å².